The van der Waals surface area contributed by atoms with Crippen LogP contribution in [0, 0.1) is 0 Å². The number of halogens is 1. The quantitative estimate of drug-likeness (QED) is 0.924. The van der Waals surface area contributed by atoms with Crippen molar-refractivity contribution in [2.45, 2.75) is 25.2 Å². The Bertz CT molecular complexity index is 557. The van der Waals surface area contributed by atoms with Crippen LogP contribution >= 0.6 is 0 Å². The normalized spacial score (nSPS) is 23.3. The lowest BCUT2D eigenvalue weighted by Crippen LogP contribution is -2.31. The highest BCUT2D eigenvalue weighted by Crippen LogP contribution is 2.22. The summed E-state index contributed by atoms with van der Waals surface area (Å²) in [6.45, 7) is 1.02. The molecule has 1 aliphatic rings. The molecule has 2 aromatic rings. The van der Waals surface area contributed by atoms with Crippen LogP contribution in [0.3, 0.4) is 0 Å². The first kappa shape index (κ1) is 13.3. The van der Waals surface area contributed by atoms with E-state index in [9.17, 15) is 9.50 Å². The van der Waals surface area contributed by atoms with Gasteiger partial charge in [0, 0.05) is 30.9 Å². The molecule has 5 heteroatoms. The molecule has 0 bridgehead atoms. The zero-order chi connectivity index (χ0) is 13.9. The van der Waals surface area contributed by atoms with E-state index in [1.807, 2.05) is 46.1 Å². The summed E-state index contributed by atoms with van der Waals surface area (Å²) in [4.78, 5) is 1.98. The Balaban J connectivity index is 1.72. The molecule has 106 valence electrons. The first-order chi connectivity index (χ1) is 9.76. The molecule has 0 radical (unpaired) electrons. The van der Waals surface area contributed by atoms with E-state index in [-0.39, 0.29) is 12.6 Å². The van der Waals surface area contributed by atoms with Gasteiger partial charge in [0.1, 0.15) is 6.17 Å². The number of aliphatic hydroxyl groups is 1. The summed E-state index contributed by atoms with van der Waals surface area (Å²) in [6.07, 6.45) is 3.34. The fourth-order valence-electron chi connectivity index (χ4n) is 2.70. The number of hydrogen-bond donors (Lipinski definition) is 1. The van der Waals surface area contributed by atoms with Crippen LogP contribution in [0.5, 0.6) is 0 Å². The molecule has 1 aliphatic heterocycles. The molecule has 0 unspecified atom stereocenters. The minimum Gasteiger partial charge on any atom is -0.395 e. The third-order valence-corrected chi connectivity index (χ3v) is 3.73. The lowest BCUT2D eigenvalue weighted by Gasteiger charge is -2.21. The number of para-hydroxylation sites is 1. The van der Waals surface area contributed by atoms with Gasteiger partial charge in [-0.3, -0.25) is 4.90 Å². The number of benzene rings is 1. The van der Waals surface area contributed by atoms with Gasteiger partial charge in [-0.05, 0) is 18.6 Å². The molecule has 20 heavy (non-hydrogen) atoms. The van der Waals surface area contributed by atoms with Gasteiger partial charge in [-0.1, -0.05) is 18.2 Å². The Hall–Kier alpha value is -1.72. The van der Waals surface area contributed by atoms with Crippen molar-refractivity contribution in [1.29, 1.82) is 0 Å². The summed E-state index contributed by atoms with van der Waals surface area (Å²) in [7, 11) is 0. The molecule has 1 aromatic heterocycles. The van der Waals surface area contributed by atoms with Crippen LogP contribution in [0.2, 0.25) is 0 Å². The monoisotopic (exact) mass is 275 g/mol. The Morgan fingerprint density at radius 2 is 2.10 bits per heavy atom. The fraction of sp³-hybridized carbons (Fsp3) is 0.400. The zero-order valence-electron chi connectivity index (χ0n) is 11.2. The van der Waals surface area contributed by atoms with E-state index in [0.29, 0.717) is 19.5 Å². The fourth-order valence-corrected chi connectivity index (χ4v) is 2.70. The molecule has 3 rings (SSSR count). The molecule has 1 saturated heterocycles. The lowest BCUT2D eigenvalue weighted by atomic mass is 10.2. The second-order valence-corrected chi connectivity index (χ2v) is 5.23. The number of nitrogens with zero attached hydrogens (tertiary/aromatic N) is 3. The average Bonchev–Trinajstić information content (AvgIpc) is 3.07. The molecule has 2 atom stereocenters. The summed E-state index contributed by atoms with van der Waals surface area (Å²) in [5.41, 5.74) is 2.03. The van der Waals surface area contributed by atoms with Crippen LogP contribution in [-0.2, 0) is 6.54 Å². The van der Waals surface area contributed by atoms with E-state index in [1.165, 1.54) is 0 Å². The minimum absolute atomic E-state index is 0.00718. The predicted octanol–water partition coefficient (Wildman–Crippen LogP) is 1.78. The summed E-state index contributed by atoms with van der Waals surface area (Å²) >= 11 is 0. The maximum absolute atomic E-state index is 13.4. The number of hydrogen-bond acceptors (Lipinski definition) is 3. The van der Waals surface area contributed by atoms with Crippen LogP contribution in [0.15, 0.2) is 42.7 Å². The Morgan fingerprint density at radius 1 is 1.30 bits per heavy atom. The number of rotatable bonds is 4. The van der Waals surface area contributed by atoms with E-state index in [2.05, 4.69) is 5.10 Å². The molecule has 2 heterocycles. The van der Waals surface area contributed by atoms with Gasteiger partial charge in [-0.2, -0.15) is 5.10 Å². The summed E-state index contributed by atoms with van der Waals surface area (Å²) in [5, 5.41) is 13.6. The molecule has 1 fully saturated rings. The van der Waals surface area contributed by atoms with Gasteiger partial charge < -0.3 is 5.11 Å². The van der Waals surface area contributed by atoms with Gasteiger partial charge >= 0.3 is 0 Å². The Morgan fingerprint density at radius 3 is 2.85 bits per heavy atom. The van der Waals surface area contributed by atoms with Crippen LogP contribution in [0.25, 0.3) is 5.69 Å². The van der Waals surface area contributed by atoms with E-state index in [1.54, 1.807) is 6.20 Å². The van der Waals surface area contributed by atoms with E-state index >= 15 is 0 Å². The highest BCUT2D eigenvalue weighted by molar-refractivity contribution is 5.30. The first-order valence-electron chi connectivity index (χ1n) is 6.84. The van der Waals surface area contributed by atoms with Gasteiger partial charge in [0.25, 0.3) is 0 Å². The molecular formula is C15H18FN3O. The zero-order valence-corrected chi connectivity index (χ0v) is 11.2. The topological polar surface area (TPSA) is 41.3 Å². The second-order valence-electron chi connectivity index (χ2n) is 5.23. The van der Waals surface area contributed by atoms with Crippen molar-refractivity contribution in [1.82, 2.24) is 14.7 Å². The summed E-state index contributed by atoms with van der Waals surface area (Å²) < 4.78 is 15.2. The van der Waals surface area contributed by atoms with Crippen LogP contribution < -0.4 is 0 Å². The number of alkyl halides is 1. The van der Waals surface area contributed by atoms with Crippen molar-refractivity contribution >= 4 is 0 Å². The van der Waals surface area contributed by atoms with Crippen molar-refractivity contribution in [3.63, 3.8) is 0 Å². The number of likely N-dealkylation sites (tertiary alicyclic amines) is 1. The van der Waals surface area contributed by atoms with Gasteiger partial charge in [0.15, 0.2) is 0 Å². The molecule has 0 amide bonds. The first-order valence-corrected chi connectivity index (χ1v) is 6.84. The van der Waals surface area contributed by atoms with Gasteiger partial charge in [-0.25, -0.2) is 9.07 Å². The van der Waals surface area contributed by atoms with E-state index < -0.39 is 6.17 Å². The average molecular weight is 275 g/mol. The van der Waals surface area contributed by atoms with Crippen molar-refractivity contribution in [3.8, 4) is 5.69 Å². The van der Waals surface area contributed by atoms with E-state index in [0.717, 1.165) is 11.3 Å². The molecule has 0 spiro atoms. The van der Waals surface area contributed by atoms with Crippen molar-refractivity contribution < 1.29 is 9.50 Å². The molecule has 0 saturated carbocycles. The largest absolute Gasteiger partial charge is 0.395 e. The maximum Gasteiger partial charge on any atom is 0.114 e. The third-order valence-electron chi connectivity index (χ3n) is 3.73. The predicted molar refractivity (Wildman–Crippen MR) is 74.4 cm³/mol. The van der Waals surface area contributed by atoms with Crippen molar-refractivity contribution in [2.75, 3.05) is 13.2 Å². The van der Waals surface area contributed by atoms with Crippen molar-refractivity contribution in [3.05, 3.63) is 48.3 Å². The number of aromatic nitrogens is 2. The highest BCUT2D eigenvalue weighted by Gasteiger charge is 2.31. The van der Waals surface area contributed by atoms with Gasteiger partial charge in [0.05, 0.1) is 18.5 Å². The lowest BCUT2D eigenvalue weighted by molar-refractivity contribution is 0.153. The van der Waals surface area contributed by atoms with Gasteiger partial charge in [-0.15, -0.1) is 0 Å². The van der Waals surface area contributed by atoms with Crippen LogP contribution in [-0.4, -0.2) is 45.2 Å². The molecule has 4 nitrogen and oxygen atoms in total. The van der Waals surface area contributed by atoms with Crippen molar-refractivity contribution in [2.24, 2.45) is 0 Å². The molecule has 1 aromatic carbocycles. The Kier molecular flexibility index (Phi) is 3.80. The summed E-state index contributed by atoms with van der Waals surface area (Å²) in [6, 6.07) is 9.79. The standard InChI is InChI=1S/C15H18FN3O/c16-13-6-15(11-20)18(10-13)8-12-7-17-19(9-12)14-4-2-1-3-5-14/h1-5,7,9,13,15,20H,6,8,10-11H2/t13-,15-/m0/s1. The SMILES string of the molecule is OC[C@@H]1C[C@H](F)CN1Cc1cnn(-c2ccccc2)c1. The third kappa shape index (κ3) is 2.73. The molecule has 1 N–H and O–H groups in total. The maximum atomic E-state index is 13.4. The second kappa shape index (κ2) is 5.73. The highest BCUT2D eigenvalue weighted by atomic mass is 19.1. The molecular weight excluding hydrogens is 257 g/mol. The summed E-state index contributed by atoms with van der Waals surface area (Å²) in [5.74, 6) is 0. The smallest absolute Gasteiger partial charge is 0.114 e. The van der Waals surface area contributed by atoms with Crippen LogP contribution in [0.4, 0.5) is 4.39 Å². The number of aliphatic hydroxyl groups excluding tert-OH is 1. The molecule has 0 aliphatic carbocycles. The van der Waals surface area contributed by atoms with E-state index in [4.69, 9.17) is 0 Å². The minimum atomic E-state index is -0.837. The van der Waals surface area contributed by atoms with Crippen LogP contribution in [0.1, 0.15) is 12.0 Å². The van der Waals surface area contributed by atoms with Gasteiger partial charge in [0.2, 0.25) is 0 Å². The Labute approximate surface area is 117 Å².